The highest BCUT2D eigenvalue weighted by molar-refractivity contribution is 9.11. The Morgan fingerprint density at radius 1 is 1.53 bits per heavy atom. The third kappa shape index (κ3) is 1.73. The summed E-state index contributed by atoms with van der Waals surface area (Å²) in [5, 5.41) is 18.5. The number of hydrogen-bond acceptors (Lipinski definition) is 4. The third-order valence-electron chi connectivity index (χ3n) is 2.04. The summed E-state index contributed by atoms with van der Waals surface area (Å²) < 4.78 is 0.743. The Morgan fingerprint density at radius 2 is 2.27 bits per heavy atom. The molecule has 0 amide bonds. The number of aliphatic hydroxyl groups is 1. The molecule has 0 bridgehead atoms. The molecule has 1 atom stereocenters. The highest BCUT2D eigenvalue weighted by Crippen LogP contribution is 2.23. The van der Waals surface area contributed by atoms with Gasteiger partial charge < -0.3 is 15.1 Å². The Bertz CT molecular complexity index is 437. The summed E-state index contributed by atoms with van der Waals surface area (Å²) in [6.07, 6.45) is 4.99. The van der Waals surface area contributed by atoms with Gasteiger partial charge in [-0.2, -0.15) is 0 Å². The SMILES string of the molecule is O=C(O)C1=CN=C2C=CC(Br)=CN2[C@H]1O. The van der Waals surface area contributed by atoms with E-state index < -0.39 is 12.2 Å². The summed E-state index contributed by atoms with van der Waals surface area (Å²) >= 11 is 3.23. The van der Waals surface area contributed by atoms with Gasteiger partial charge in [0.15, 0.2) is 6.23 Å². The monoisotopic (exact) mass is 270 g/mol. The van der Waals surface area contributed by atoms with Crippen molar-refractivity contribution in [3.63, 3.8) is 0 Å². The number of rotatable bonds is 1. The van der Waals surface area contributed by atoms with Gasteiger partial charge in [-0.3, -0.25) is 0 Å². The number of aliphatic hydroxyl groups excluding tert-OH is 1. The Kier molecular flexibility index (Phi) is 2.45. The van der Waals surface area contributed by atoms with Gasteiger partial charge in [-0.05, 0) is 28.1 Å². The van der Waals surface area contributed by atoms with E-state index in [1.54, 1.807) is 18.4 Å². The molecule has 5 nitrogen and oxygen atoms in total. The van der Waals surface area contributed by atoms with Crippen LogP contribution in [0.3, 0.4) is 0 Å². The van der Waals surface area contributed by atoms with E-state index in [0.29, 0.717) is 5.84 Å². The van der Waals surface area contributed by atoms with Crippen LogP contribution in [0.25, 0.3) is 0 Å². The zero-order valence-corrected chi connectivity index (χ0v) is 9.05. The molecule has 2 heterocycles. The molecule has 0 spiro atoms. The second-order valence-electron chi connectivity index (χ2n) is 3.01. The van der Waals surface area contributed by atoms with E-state index in [-0.39, 0.29) is 5.57 Å². The van der Waals surface area contributed by atoms with E-state index in [1.165, 1.54) is 4.90 Å². The maximum absolute atomic E-state index is 10.7. The molecule has 0 saturated carbocycles. The van der Waals surface area contributed by atoms with Crippen molar-refractivity contribution in [2.75, 3.05) is 0 Å². The normalized spacial score (nSPS) is 24.0. The molecule has 2 aliphatic rings. The largest absolute Gasteiger partial charge is 0.478 e. The van der Waals surface area contributed by atoms with Crippen LogP contribution in [0.4, 0.5) is 0 Å². The topological polar surface area (TPSA) is 73.1 Å². The van der Waals surface area contributed by atoms with Crippen molar-refractivity contribution < 1.29 is 15.0 Å². The molecule has 2 aliphatic heterocycles. The summed E-state index contributed by atoms with van der Waals surface area (Å²) in [6.45, 7) is 0. The minimum atomic E-state index is -1.20. The number of carboxylic acids is 1. The maximum Gasteiger partial charge on any atom is 0.337 e. The molecule has 6 heteroatoms. The second kappa shape index (κ2) is 3.63. The fraction of sp³-hybridized carbons (Fsp3) is 0.111. The number of carboxylic acid groups (broad SMARTS) is 1. The van der Waals surface area contributed by atoms with Crippen LogP contribution in [0, 0.1) is 0 Å². The van der Waals surface area contributed by atoms with Gasteiger partial charge in [0.25, 0.3) is 0 Å². The fourth-order valence-electron chi connectivity index (χ4n) is 1.31. The number of nitrogens with zero attached hydrogens (tertiary/aromatic N) is 2. The van der Waals surface area contributed by atoms with Crippen molar-refractivity contribution in [3.8, 4) is 0 Å². The second-order valence-corrected chi connectivity index (χ2v) is 3.92. The molecule has 0 aromatic heterocycles. The summed E-state index contributed by atoms with van der Waals surface area (Å²) in [4.78, 5) is 16.1. The van der Waals surface area contributed by atoms with Crippen LogP contribution in [0.15, 0.2) is 39.6 Å². The number of aliphatic carboxylic acids is 1. The third-order valence-corrected chi connectivity index (χ3v) is 2.51. The predicted molar refractivity (Wildman–Crippen MR) is 57.1 cm³/mol. The molecular weight excluding hydrogens is 264 g/mol. The van der Waals surface area contributed by atoms with Crippen LogP contribution in [-0.2, 0) is 4.79 Å². The Morgan fingerprint density at radius 3 is 2.93 bits per heavy atom. The Labute approximate surface area is 93.9 Å². The van der Waals surface area contributed by atoms with Crippen molar-refractivity contribution in [2.24, 2.45) is 4.99 Å². The first-order chi connectivity index (χ1) is 7.09. The van der Waals surface area contributed by atoms with Crippen LogP contribution in [0.1, 0.15) is 0 Å². The van der Waals surface area contributed by atoms with Crippen molar-refractivity contribution in [1.29, 1.82) is 0 Å². The lowest BCUT2D eigenvalue weighted by molar-refractivity contribution is -0.134. The number of allylic oxidation sites excluding steroid dienone is 2. The van der Waals surface area contributed by atoms with E-state index in [1.807, 2.05) is 0 Å². The number of fused-ring (bicyclic) bond motifs is 1. The van der Waals surface area contributed by atoms with E-state index in [2.05, 4.69) is 20.9 Å². The van der Waals surface area contributed by atoms with Crippen molar-refractivity contribution in [2.45, 2.75) is 6.23 Å². The Balaban J connectivity index is 2.40. The number of amidine groups is 1. The highest BCUT2D eigenvalue weighted by Gasteiger charge is 2.29. The number of hydrogen-bond donors (Lipinski definition) is 2. The molecule has 0 unspecified atom stereocenters. The molecule has 2 rings (SSSR count). The zero-order chi connectivity index (χ0) is 11.0. The van der Waals surface area contributed by atoms with Gasteiger partial charge in [-0.25, -0.2) is 9.79 Å². The van der Waals surface area contributed by atoms with Crippen LogP contribution in [0.2, 0.25) is 0 Å². The summed E-state index contributed by atoms with van der Waals surface area (Å²) in [5.74, 6) is -0.667. The quantitative estimate of drug-likeness (QED) is 0.739. The molecular formula is C9H7BrN2O3. The smallest absolute Gasteiger partial charge is 0.337 e. The molecule has 0 aliphatic carbocycles. The van der Waals surface area contributed by atoms with Gasteiger partial charge in [0.05, 0.1) is 0 Å². The van der Waals surface area contributed by atoms with Crippen molar-refractivity contribution >= 4 is 27.7 Å². The average molecular weight is 271 g/mol. The van der Waals surface area contributed by atoms with Gasteiger partial charge in [0, 0.05) is 16.9 Å². The molecule has 2 N–H and O–H groups in total. The van der Waals surface area contributed by atoms with E-state index in [4.69, 9.17) is 5.11 Å². The van der Waals surface area contributed by atoms with E-state index in [0.717, 1.165) is 10.7 Å². The lowest BCUT2D eigenvalue weighted by atomic mass is 10.2. The van der Waals surface area contributed by atoms with Crippen molar-refractivity contribution in [3.05, 3.63) is 34.6 Å². The summed E-state index contributed by atoms with van der Waals surface area (Å²) in [5.41, 5.74) is -0.148. The highest BCUT2D eigenvalue weighted by atomic mass is 79.9. The van der Waals surface area contributed by atoms with Gasteiger partial charge in [0.2, 0.25) is 0 Å². The molecule has 0 fully saturated rings. The molecule has 0 saturated heterocycles. The molecule has 0 aromatic rings. The first kappa shape index (κ1) is 10.1. The Hall–Kier alpha value is -1.40. The first-order valence-corrected chi connectivity index (χ1v) is 4.92. The standard InChI is InChI=1S/C9H7BrN2O3/c10-5-1-2-7-11-3-6(9(14)15)8(13)12(7)4-5/h1-4,8,13H,(H,14,15)/t8-/m0/s1. The number of aliphatic imine (C=N–C) groups is 1. The minimum Gasteiger partial charge on any atom is -0.478 e. The molecule has 78 valence electrons. The number of carbonyl (C=O) groups is 1. The van der Waals surface area contributed by atoms with Crippen molar-refractivity contribution in [1.82, 2.24) is 4.90 Å². The van der Waals surface area contributed by atoms with Gasteiger partial charge in [-0.15, -0.1) is 0 Å². The predicted octanol–water partition coefficient (Wildman–Crippen LogP) is 0.793. The van der Waals surface area contributed by atoms with E-state index >= 15 is 0 Å². The van der Waals surface area contributed by atoms with Crippen LogP contribution < -0.4 is 0 Å². The van der Waals surface area contributed by atoms with Gasteiger partial charge in [-0.1, -0.05) is 0 Å². The van der Waals surface area contributed by atoms with Crippen LogP contribution in [-0.4, -0.2) is 33.1 Å². The van der Waals surface area contributed by atoms with Crippen LogP contribution >= 0.6 is 15.9 Å². The lowest BCUT2D eigenvalue weighted by Gasteiger charge is -2.30. The lowest BCUT2D eigenvalue weighted by Crippen LogP contribution is -2.41. The minimum absolute atomic E-state index is 0.148. The average Bonchev–Trinajstić information content (AvgIpc) is 2.19. The summed E-state index contributed by atoms with van der Waals surface area (Å²) in [7, 11) is 0. The van der Waals surface area contributed by atoms with Gasteiger partial charge >= 0.3 is 5.97 Å². The first-order valence-electron chi connectivity index (χ1n) is 4.12. The maximum atomic E-state index is 10.7. The molecule has 15 heavy (non-hydrogen) atoms. The fourth-order valence-corrected chi connectivity index (χ4v) is 1.66. The van der Waals surface area contributed by atoms with E-state index in [9.17, 15) is 9.90 Å². The summed E-state index contributed by atoms with van der Waals surface area (Å²) in [6, 6.07) is 0. The number of halogens is 1. The molecule has 0 radical (unpaired) electrons. The van der Waals surface area contributed by atoms with Crippen LogP contribution in [0.5, 0.6) is 0 Å². The zero-order valence-electron chi connectivity index (χ0n) is 7.46. The van der Waals surface area contributed by atoms with Gasteiger partial charge in [0.1, 0.15) is 11.4 Å². The molecule has 0 aromatic carbocycles.